The Morgan fingerprint density at radius 1 is 1.18 bits per heavy atom. The molecule has 2 aromatic carbocycles. The van der Waals surface area contributed by atoms with Gasteiger partial charge in [-0.2, -0.15) is 0 Å². The number of carbonyl (C=O) groups is 2. The third kappa shape index (κ3) is 3.43. The Bertz CT molecular complexity index is 1460. The van der Waals surface area contributed by atoms with Crippen LogP contribution in [0.3, 0.4) is 0 Å². The molecule has 2 amide bonds. The molecule has 3 heterocycles. The predicted octanol–water partition coefficient (Wildman–Crippen LogP) is 4.22. The summed E-state index contributed by atoms with van der Waals surface area (Å²) < 4.78 is 19.8. The number of amides is 2. The van der Waals surface area contributed by atoms with Gasteiger partial charge in [0.1, 0.15) is 22.9 Å². The number of halogens is 1. The van der Waals surface area contributed by atoms with E-state index in [0.29, 0.717) is 45.1 Å². The molecule has 4 aromatic rings. The zero-order chi connectivity index (χ0) is 23.6. The van der Waals surface area contributed by atoms with Crippen LogP contribution in [0.2, 0.25) is 0 Å². The van der Waals surface area contributed by atoms with Crippen molar-refractivity contribution >= 4 is 39.3 Å². The van der Waals surface area contributed by atoms with Crippen LogP contribution in [0.1, 0.15) is 39.4 Å². The first kappa shape index (κ1) is 20.9. The monoisotopic (exact) mass is 476 g/mol. The van der Waals surface area contributed by atoms with E-state index in [-0.39, 0.29) is 34.6 Å². The summed E-state index contributed by atoms with van der Waals surface area (Å²) in [5.74, 6) is 0.0486. The van der Waals surface area contributed by atoms with Gasteiger partial charge < -0.3 is 20.8 Å². The molecule has 1 saturated carbocycles. The summed E-state index contributed by atoms with van der Waals surface area (Å²) in [5, 5.41) is 0.939. The molecule has 2 aliphatic rings. The zero-order valence-corrected chi connectivity index (χ0v) is 18.8. The van der Waals surface area contributed by atoms with E-state index in [9.17, 15) is 14.0 Å². The molecule has 3 atom stereocenters. The summed E-state index contributed by atoms with van der Waals surface area (Å²) >= 11 is 1.18. The molecule has 2 aromatic heterocycles. The molecule has 34 heavy (non-hydrogen) atoms. The molecular formula is C25H21FN4O3S. The van der Waals surface area contributed by atoms with Crippen LogP contribution in [-0.2, 0) is 6.42 Å². The van der Waals surface area contributed by atoms with Gasteiger partial charge in [-0.15, -0.1) is 0 Å². The molecule has 2 fully saturated rings. The molecule has 0 spiro atoms. The minimum absolute atomic E-state index is 0.0721. The molecule has 0 unspecified atom stereocenters. The van der Waals surface area contributed by atoms with Crippen molar-refractivity contribution in [3.63, 3.8) is 0 Å². The van der Waals surface area contributed by atoms with Crippen molar-refractivity contribution in [1.29, 1.82) is 0 Å². The fraction of sp³-hybridized carbons (Fsp3) is 0.240. The highest BCUT2D eigenvalue weighted by Crippen LogP contribution is 2.50. The summed E-state index contributed by atoms with van der Waals surface area (Å²) in [4.78, 5) is 32.3. The number of thiazole rings is 1. The number of rotatable bonds is 5. The van der Waals surface area contributed by atoms with Crippen molar-refractivity contribution in [3.8, 4) is 10.4 Å². The van der Waals surface area contributed by atoms with Gasteiger partial charge >= 0.3 is 0 Å². The van der Waals surface area contributed by atoms with Gasteiger partial charge in [-0.1, -0.05) is 29.5 Å². The quantitative estimate of drug-likeness (QED) is 0.447. The molecule has 0 bridgehead atoms. The number of nitrogens with two attached hydrogens (primary N) is 2. The number of benzene rings is 2. The zero-order valence-electron chi connectivity index (χ0n) is 18.0. The number of carbonyl (C=O) groups excluding carboxylic acids is 2. The normalized spacial score (nSPS) is 21.1. The summed E-state index contributed by atoms with van der Waals surface area (Å²) in [6.07, 6.45) is 2.34. The van der Waals surface area contributed by atoms with Crippen molar-refractivity contribution in [2.45, 2.75) is 31.3 Å². The van der Waals surface area contributed by atoms with Crippen molar-refractivity contribution in [2.75, 3.05) is 5.73 Å². The first-order chi connectivity index (χ1) is 16.4. The van der Waals surface area contributed by atoms with E-state index in [2.05, 4.69) is 4.98 Å². The molecule has 172 valence electrons. The molecule has 9 heteroatoms. The number of hydrogen-bond acceptors (Lipinski definition) is 6. The largest absolute Gasteiger partial charge is 0.461 e. The third-order valence-corrected chi connectivity index (χ3v) is 7.63. The Hall–Kier alpha value is -3.72. The molecule has 0 radical (unpaired) electrons. The first-order valence-electron chi connectivity index (χ1n) is 11.0. The van der Waals surface area contributed by atoms with Gasteiger partial charge in [0.25, 0.3) is 5.91 Å². The molecule has 4 N–H and O–H groups in total. The van der Waals surface area contributed by atoms with E-state index in [1.807, 2.05) is 11.0 Å². The van der Waals surface area contributed by atoms with Gasteiger partial charge in [-0.05, 0) is 54.7 Å². The topological polar surface area (TPSA) is 115 Å². The SMILES string of the molecule is NC(=O)c1cccc2oc(C[C@@H]3C[C@@H]4C[C@@H]4N3C(=O)c3nc(N)sc3-c3cccc(F)c3)cc12. The predicted molar refractivity (Wildman–Crippen MR) is 127 cm³/mol. The lowest BCUT2D eigenvalue weighted by Crippen LogP contribution is -2.40. The maximum absolute atomic E-state index is 13.9. The van der Waals surface area contributed by atoms with Gasteiger partial charge in [0.05, 0.1) is 10.4 Å². The van der Waals surface area contributed by atoms with E-state index in [0.717, 1.165) is 12.8 Å². The smallest absolute Gasteiger partial charge is 0.274 e. The lowest BCUT2D eigenvalue weighted by atomic mass is 10.0. The number of primary amides is 1. The highest BCUT2D eigenvalue weighted by molar-refractivity contribution is 7.19. The summed E-state index contributed by atoms with van der Waals surface area (Å²) in [6.45, 7) is 0. The Balaban J connectivity index is 1.32. The number of likely N-dealkylation sites (tertiary alicyclic amines) is 1. The second kappa shape index (κ2) is 7.66. The Morgan fingerprint density at radius 3 is 2.79 bits per heavy atom. The number of nitrogens with zero attached hydrogens (tertiary/aromatic N) is 2. The number of hydrogen-bond donors (Lipinski definition) is 2. The minimum Gasteiger partial charge on any atom is -0.461 e. The van der Waals surface area contributed by atoms with Crippen molar-refractivity contribution in [1.82, 2.24) is 9.88 Å². The molecule has 1 aliphatic heterocycles. The van der Waals surface area contributed by atoms with E-state index in [1.165, 1.54) is 23.5 Å². The maximum Gasteiger partial charge on any atom is 0.274 e. The second-order valence-electron chi connectivity index (χ2n) is 8.90. The van der Waals surface area contributed by atoms with Crippen LogP contribution >= 0.6 is 11.3 Å². The minimum atomic E-state index is -0.511. The summed E-state index contributed by atoms with van der Waals surface area (Å²) in [6, 6.07) is 13.2. The molecule has 7 nitrogen and oxygen atoms in total. The highest BCUT2D eigenvalue weighted by atomic mass is 32.1. The van der Waals surface area contributed by atoms with Crippen LogP contribution in [0.15, 0.2) is 52.9 Å². The fourth-order valence-electron chi connectivity index (χ4n) is 5.15. The Kier molecular flexibility index (Phi) is 4.70. The van der Waals surface area contributed by atoms with E-state index in [1.54, 1.807) is 30.3 Å². The third-order valence-electron chi connectivity index (χ3n) is 6.69. The van der Waals surface area contributed by atoms with Crippen LogP contribution in [0, 0.1) is 11.7 Å². The average Bonchev–Trinajstić information content (AvgIpc) is 3.12. The van der Waals surface area contributed by atoms with Crippen molar-refractivity contribution < 1.29 is 18.4 Å². The van der Waals surface area contributed by atoms with Gasteiger partial charge in [-0.25, -0.2) is 9.37 Å². The van der Waals surface area contributed by atoms with E-state index < -0.39 is 5.91 Å². The van der Waals surface area contributed by atoms with Gasteiger partial charge in [0, 0.05) is 23.9 Å². The molecule has 6 rings (SSSR count). The van der Waals surface area contributed by atoms with Crippen LogP contribution in [0.5, 0.6) is 0 Å². The maximum atomic E-state index is 13.9. The summed E-state index contributed by atoms with van der Waals surface area (Å²) in [5.41, 5.74) is 13.3. The fourth-order valence-corrected chi connectivity index (χ4v) is 5.97. The summed E-state index contributed by atoms with van der Waals surface area (Å²) in [7, 11) is 0. The van der Waals surface area contributed by atoms with Gasteiger partial charge in [0.2, 0.25) is 5.91 Å². The van der Waals surface area contributed by atoms with Crippen LogP contribution in [0.4, 0.5) is 9.52 Å². The van der Waals surface area contributed by atoms with E-state index >= 15 is 0 Å². The number of fused-ring (bicyclic) bond motifs is 2. The Labute approximate surface area is 198 Å². The standard InChI is InChI=1S/C25H21FN4O3S/c26-14-4-1-3-12(7-14)22-21(29-25(28)34-22)24(32)30-15(8-13-9-19(13)30)10-16-11-18-17(23(27)31)5-2-6-20(18)33-16/h1-7,11,13,15,19H,8-10H2,(H2,27,31)(H2,28,29)/t13-,15+,19+/m1/s1. The Morgan fingerprint density at radius 2 is 2.00 bits per heavy atom. The lowest BCUT2D eigenvalue weighted by Gasteiger charge is -2.27. The number of aromatic nitrogens is 1. The van der Waals surface area contributed by atoms with Crippen molar-refractivity contribution in [3.05, 3.63) is 71.4 Å². The first-order valence-corrected chi connectivity index (χ1v) is 11.9. The number of anilines is 1. The average molecular weight is 477 g/mol. The lowest BCUT2D eigenvalue weighted by molar-refractivity contribution is 0.0692. The molecule has 1 aliphatic carbocycles. The number of furan rings is 1. The van der Waals surface area contributed by atoms with Crippen LogP contribution in [-0.4, -0.2) is 33.8 Å². The molecule has 1 saturated heterocycles. The van der Waals surface area contributed by atoms with Gasteiger partial charge in [-0.3, -0.25) is 9.59 Å². The number of nitrogen functional groups attached to an aromatic ring is 1. The highest BCUT2D eigenvalue weighted by Gasteiger charge is 2.54. The van der Waals surface area contributed by atoms with Crippen molar-refractivity contribution in [2.24, 2.45) is 11.7 Å². The van der Waals surface area contributed by atoms with Crippen LogP contribution in [0.25, 0.3) is 21.4 Å². The van der Waals surface area contributed by atoms with Crippen LogP contribution < -0.4 is 11.5 Å². The second-order valence-corrected chi connectivity index (χ2v) is 9.93. The number of piperidine rings is 1. The van der Waals surface area contributed by atoms with E-state index in [4.69, 9.17) is 15.9 Å². The van der Waals surface area contributed by atoms with Gasteiger partial charge in [0.15, 0.2) is 5.13 Å². The molecular weight excluding hydrogens is 455 g/mol.